The van der Waals surface area contributed by atoms with E-state index in [0.29, 0.717) is 58.9 Å². The van der Waals surface area contributed by atoms with Gasteiger partial charge in [-0.05, 0) is 48.9 Å². The minimum Gasteiger partial charge on any atom is -0.449 e. The van der Waals surface area contributed by atoms with Crippen molar-refractivity contribution in [3.05, 3.63) is 53.0 Å². The largest absolute Gasteiger partial charge is 0.449 e. The molecule has 1 amide bonds. The van der Waals surface area contributed by atoms with Gasteiger partial charge in [-0.1, -0.05) is 12.1 Å². The number of amides is 1. The number of halogens is 1. The molecule has 4 aliphatic heterocycles. The fraction of sp³-hybridized carbons (Fsp3) is 0.533. The maximum absolute atomic E-state index is 15.3. The molecule has 2 N–H and O–H groups in total. The van der Waals surface area contributed by atoms with Gasteiger partial charge >= 0.3 is 5.97 Å². The Labute approximate surface area is 232 Å². The molecule has 9 nitrogen and oxygen atoms in total. The highest BCUT2D eigenvalue weighted by molar-refractivity contribution is 5.94. The van der Waals surface area contributed by atoms with Gasteiger partial charge in [0.25, 0.3) is 0 Å². The van der Waals surface area contributed by atoms with Crippen molar-refractivity contribution < 1.29 is 23.5 Å². The highest BCUT2D eigenvalue weighted by atomic mass is 19.1. The smallest absolute Gasteiger partial charge is 0.341 e. The molecular formula is C30H32FN5O4. The molecule has 4 atom stereocenters. The number of likely N-dealkylation sites (tertiary alicyclic amines) is 1. The van der Waals surface area contributed by atoms with E-state index >= 15 is 4.39 Å². The van der Waals surface area contributed by atoms with Gasteiger partial charge in [0.05, 0.1) is 48.3 Å². The van der Waals surface area contributed by atoms with Gasteiger partial charge in [0.15, 0.2) is 5.60 Å². The molecule has 4 fully saturated rings. The lowest BCUT2D eigenvalue weighted by Crippen LogP contribution is -2.54. The molecule has 1 aromatic carbocycles. The zero-order valence-corrected chi connectivity index (χ0v) is 22.2. The summed E-state index contributed by atoms with van der Waals surface area (Å²) in [6.45, 7) is 3.08. The van der Waals surface area contributed by atoms with Crippen LogP contribution in [0.3, 0.4) is 0 Å². The Morgan fingerprint density at radius 2 is 2.08 bits per heavy atom. The van der Waals surface area contributed by atoms with Crippen molar-refractivity contribution in [1.82, 2.24) is 20.5 Å². The van der Waals surface area contributed by atoms with Crippen molar-refractivity contribution in [2.75, 3.05) is 26.3 Å². The summed E-state index contributed by atoms with van der Waals surface area (Å²) in [5.74, 6) is -0.702. The Morgan fingerprint density at radius 1 is 1.25 bits per heavy atom. The molecule has 7 rings (SSSR count). The number of benzene rings is 1. The maximum atomic E-state index is 15.3. The number of pyridine rings is 1. The lowest BCUT2D eigenvalue weighted by atomic mass is 9.86. The SMILES string of the molecule is N#C[C@H](Cc1ccc(-c2ccc3c(n2)C2(CCN(C4COC4)CC2)OC3=O)cc1F)NC(=O)[C@H]1N[C@@H]2CC[C@H]1C2. The number of nitriles is 1. The number of carbonyl (C=O) groups is 2. The molecule has 1 aromatic heterocycles. The van der Waals surface area contributed by atoms with Crippen molar-refractivity contribution >= 4 is 11.9 Å². The predicted molar refractivity (Wildman–Crippen MR) is 141 cm³/mol. The van der Waals surface area contributed by atoms with E-state index in [1.165, 1.54) is 6.07 Å². The van der Waals surface area contributed by atoms with E-state index in [0.717, 1.165) is 45.6 Å². The van der Waals surface area contributed by atoms with Crippen LogP contribution in [0, 0.1) is 23.1 Å². The van der Waals surface area contributed by atoms with Gasteiger partial charge in [0.1, 0.15) is 11.9 Å². The van der Waals surface area contributed by atoms with Crippen molar-refractivity contribution in [3.8, 4) is 17.3 Å². The molecule has 40 heavy (non-hydrogen) atoms. The molecule has 10 heteroatoms. The number of hydrogen-bond donors (Lipinski definition) is 2. The molecule has 3 saturated heterocycles. The number of esters is 1. The van der Waals surface area contributed by atoms with Crippen molar-refractivity contribution in [2.24, 2.45) is 5.92 Å². The minimum atomic E-state index is -0.827. The van der Waals surface area contributed by atoms with Crippen LogP contribution in [0.4, 0.5) is 4.39 Å². The number of ether oxygens (including phenoxy) is 2. The van der Waals surface area contributed by atoms with E-state index in [1.54, 1.807) is 24.3 Å². The van der Waals surface area contributed by atoms with Gasteiger partial charge in [0, 0.05) is 44.0 Å². The summed E-state index contributed by atoms with van der Waals surface area (Å²) in [5.41, 5.74) is 1.83. The molecule has 2 aromatic rings. The summed E-state index contributed by atoms with van der Waals surface area (Å²) in [5, 5.41) is 15.8. The first-order valence-electron chi connectivity index (χ1n) is 14.2. The fourth-order valence-electron chi connectivity index (χ4n) is 7.07. The number of nitrogens with one attached hydrogen (secondary N) is 2. The van der Waals surface area contributed by atoms with Crippen LogP contribution in [0.15, 0.2) is 30.3 Å². The third kappa shape index (κ3) is 4.37. The van der Waals surface area contributed by atoms with Crippen LogP contribution >= 0.6 is 0 Å². The number of fused-ring (bicyclic) bond motifs is 4. The molecule has 1 spiro atoms. The number of nitrogens with zero attached hydrogens (tertiary/aromatic N) is 3. The monoisotopic (exact) mass is 545 g/mol. The minimum absolute atomic E-state index is 0.0702. The molecule has 1 saturated carbocycles. The van der Waals surface area contributed by atoms with Gasteiger partial charge in [-0.25, -0.2) is 14.2 Å². The third-order valence-electron chi connectivity index (χ3n) is 9.46. The van der Waals surface area contributed by atoms with E-state index in [4.69, 9.17) is 14.5 Å². The topological polar surface area (TPSA) is 117 Å². The van der Waals surface area contributed by atoms with Crippen LogP contribution in [0.1, 0.15) is 53.7 Å². The number of piperidine rings is 2. The Kier molecular flexibility index (Phi) is 6.33. The van der Waals surface area contributed by atoms with Gasteiger partial charge in [0.2, 0.25) is 5.91 Å². The number of carbonyl (C=O) groups excluding carboxylic acids is 2. The van der Waals surface area contributed by atoms with E-state index in [2.05, 4.69) is 21.6 Å². The van der Waals surface area contributed by atoms with Crippen LogP contribution in [0.25, 0.3) is 11.3 Å². The molecular weight excluding hydrogens is 513 g/mol. The number of aromatic nitrogens is 1. The van der Waals surface area contributed by atoms with E-state index in [1.807, 2.05) is 0 Å². The van der Waals surface area contributed by atoms with Gasteiger partial charge in [-0.15, -0.1) is 0 Å². The second kappa shape index (κ2) is 9.91. The van der Waals surface area contributed by atoms with Crippen LogP contribution in [0.5, 0.6) is 0 Å². The van der Waals surface area contributed by atoms with E-state index in [9.17, 15) is 14.9 Å². The summed E-state index contributed by atoms with van der Waals surface area (Å²) in [6.07, 6.45) is 4.50. The van der Waals surface area contributed by atoms with E-state index in [-0.39, 0.29) is 24.3 Å². The van der Waals surface area contributed by atoms with Crippen molar-refractivity contribution in [3.63, 3.8) is 0 Å². The van der Waals surface area contributed by atoms with Gasteiger partial charge in [-0.2, -0.15) is 5.26 Å². The number of rotatable bonds is 6. The maximum Gasteiger partial charge on any atom is 0.341 e. The zero-order chi connectivity index (χ0) is 27.4. The first-order valence-corrected chi connectivity index (χ1v) is 14.2. The third-order valence-corrected chi connectivity index (χ3v) is 9.46. The zero-order valence-electron chi connectivity index (χ0n) is 22.2. The normalized spacial score (nSPS) is 27.6. The molecule has 5 heterocycles. The molecule has 2 bridgehead atoms. The summed E-state index contributed by atoms with van der Waals surface area (Å²) in [6, 6.07) is 10.1. The average Bonchev–Trinajstić information content (AvgIpc) is 3.64. The standard InChI is InChI=1S/C30H32FN5O4/c31-24-13-18(2-1-17(24)11-21(14-32)34-28(37)26-19-3-4-20(12-19)33-26)25-6-5-23-27(35-25)30(40-29(23)38)7-9-36(10-8-30)22-15-39-16-22/h1-2,5-6,13,19-22,26,33H,3-4,7-12,15-16H2,(H,34,37)/t19-,20+,21-,26-/m0/s1. The van der Waals surface area contributed by atoms with Crippen LogP contribution < -0.4 is 10.6 Å². The molecule has 1 aliphatic carbocycles. The Hall–Kier alpha value is -3.39. The van der Waals surface area contributed by atoms with Gasteiger partial charge in [-0.3, -0.25) is 9.69 Å². The molecule has 208 valence electrons. The van der Waals surface area contributed by atoms with Crippen molar-refractivity contribution in [1.29, 1.82) is 5.26 Å². The Morgan fingerprint density at radius 3 is 2.73 bits per heavy atom. The molecule has 5 aliphatic rings. The summed E-state index contributed by atoms with van der Waals surface area (Å²) >= 11 is 0. The quantitative estimate of drug-likeness (QED) is 0.532. The average molecular weight is 546 g/mol. The second-order valence-corrected chi connectivity index (χ2v) is 11.8. The van der Waals surface area contributed by atoms with Crippen LogP contribution in [-0.2, 0) is 26.3 Å². The highest BCUT2D eigenvalue weighted by Crippen LogP contribution is 2.44. The van der Waals surface area contributed by atoms with Crippen molar-refractivity contribution in [2.45, 2.75) is 68.3 Å². The lowest BCUT2D eigenvalue weighted by Gasteiger charge is -2.44. The summed E-state index contributed by atoms with van der Waals surface area (Å²) in [7, 11) is 0. The Balaban J connectivity index is 1.06. The van der Waals surface area contributed by atoms with Gasteiger partial charge < -0.3 is 20.1 Å². The number of hydrogen-bond acceptors (Lipinski definition) is 8. The van der Waals surface area contributed by atoms with E-state index < -0.39 is 17.5 Å². The first kappa shape index (κ1) is 25.6. The summed E-state index contributed by atoms with van der Waals surface area (Å²) < 4.78 is 26.5. The Bertz CT molecular complexity index is 1400. The van der Waals surface area contributed by atoms with Crippen LogP contribution in [0.2, 0.25) is 0 Å². The highest BCUT2D eigenvalue weighted by Gasteiger charge is 2.50. The second-order valence-electron chi connectivity index (χ2n) is 11.8. The molecule has 0 unspecified atom stereocenters. The predicted octanol–water partition coefficient (Wildman–Crippen LogP) is 2.44. The summed E-state index contributed by atoms with van der Waals surface area (Å²) in [4.78, 5) is 32.7. The lowest BCUT2D eigenvalue weighted by molar-refractivity contribution is -0.124. The first-order chi connectivity index (χ1) is 19.4. The van der Waals surface area contributed by atoms with Crippen LogP contribution in [-0.4, -0.2) is 72.2 Å². The molecule has 0 radical (unpaired) electrons. The fourth-order valence-corrected chi connectivity index (χ4v) is 7.07.